The van der Waals surface area contributed by atoms with E-state index in [2.05, 4.69) is 14.1 Å². The third kappa shape index (κ3) is 1.61. The molecule has 0 radical (unpaired) electrons. The first kappa shape index (κ1) is 8.70. The largest absolute Gasteiger partial charge is 0.464 e. The lowest BCUT2D eigenvalue weighted by Crippen LogP contribution is -2.01. The van der Waals surface area contributed by atoms with Gasteiger partial charge in [0.1, 0.15) is 6.26 Å². The Labute approximate surface area is 68.3 Å². The smallest absolute Gasteiger partial charge is 0.360 e. The summed E-state index contributed by atoms with van der Waals surface area (Å²) in [5, 5.41) is 0. The van der Waals surface area contributed by atoms with Crippen molar-refractivity contribution < 1.29 is 18.3 Å². The first-order valence-electron chi connectivity index (χ1n) is 3.33. The van der Waals surface area contributed by atoms with Gasteiger partial charge in [-0.3, -0.25) is 0 Å². The van der Waals surface area contributed by atoms with Crippen LogP contribution < -0.4 is 0 Å². The number of hydrogen-bond donors (Lipinski definition) is 0. The molecule has 1 atom stereocenters. The van der Waals surface area contributed by atoms with Gasteiger partial charge in [-0.25, -0.2) is 14.2 Å². The Morgan fingerprint density at radius 3 is 2.92 bits per heavy atom. The molecule has 0 aliphatic rings. The molecule has 0 fully saturated rings. The molecular formula is C7H8FNO3. The van der Waals surface area contributed by atoms with Crippen LogP contribution in [0.5, 0.6) is 0 Å². The third-order valence-electron chi connectivity index (χ3n) is 1.26. The highest BCUT2D eigenvalue weighted by molar-refractivity contribution is 5.86. The van der Waals surface area contributed by atoms with Gasteiger partial charge in [-0.15, -0.1) is 0 Å². The van der Waals surface area contributed by atoms with E-state index in [4.69, 9.17) is 0 Å². The van der Waals surface area contributed by atoms with E-state index in [1.54, 1.807) is 0 Å². The number of oxazole rings is 1. The van der Waals surface area contributed by atoms with Crippen molar-refractivity contribution in [2.45, 2.75) is 13.1 Å². The minimum absolute atomic E-state index is 0.0167. The highest BCUT2D eigenvalue weighted by atomic mass is 19.1. The molecule has 0 aliphatic heterocycles. The monoisotopic (exact) mass is 173 g/mol. The molecule has 1 aromatic rings. The van der Waals surface area contributed by atoms with E-state index in [9.17, 15) is 9.18 Å². The van der Waals surface area contributed by atoms with Gasteiger partial charge >= 0.3 is 5.97 Å². The molecule has 1 aromatic heterocycles. The Balaban J connectivity index is 2.84. The van der Waals surface area contributed by atoms with Gasteiger partial charge in [-0.2, -0.15) is 0 Å². The SMILES string of the molecule is COC(=O)c1coc(C(C)F)n1. The molecule has 0 saturated carbocycles. The highest BCUT2D eigenvalue weighted by Gasteiger charge is 2.15. The maximum Gasteiger partial charge on any atom is 0.360 e. The molecule has 12 heavy (non-hydrogen) atoms. The number of alkyl halides is 1. The van der Waals surface area contributed by atoms with Crippen molar-refractivity contribution in [2.24, 2.45) is 0 Å². The van der Waals surface area contributed by atoms with E-state index in [1.807, 2.05) is 0 Å². The van der Waals surface area contributed by atoms with E-state index in [0.29, 0.717) is 0 Å². The zero-order valence-electron chi connectivity index (χ0n) is 6.70. The Hall–Kier alpha value is -1.39. The molecular weight excluding hydrogens is 165 g/mol. The van der Waals surface area contributed by atoms with E-state index >= 15 is 0 Å². The number of rotatable bonds is 2. The van der Waals surface area contributed by atoms with Crippen molar-refractivity contribution in [2.75, 3.05) is 7.11 Å². The molecule has 5 heteroatoms. The summed E-state index contributed by atoms with van der Waals surface area (Å²) in [6.45, 7) is 1.27. The fourth-order valence-corrected chi connectivity index (χ4v) is 0.669. The first-order chi connectivity index (χ1) is 5.65. The van der Waals surface area contributed by atoms with Crippen molar-refractivity contribution in [1.29, 1.82) is 0 Å². The van der Waals surface area contributed by atoms with Crippen LogP contribution in [0.1, 0.15) is 29.5 Å². The third-order valence-corrected chi connectivity index (χ3v) is 1.26. The molecule has 66 valence electrons. The summed E-state index contributed by atoms with van der Waals surface area (Å²) in [7, 11) is 1.22. The Kier molecular flexibility index (Phi) is 2.42. The molecule has 0 aromatic carbocycles. The van der Waals surface area contributed by atoms with Crippen LogP contribution in [0.3, 0.4) is 0 Å². The van der Waals surface area contributed by atoms with Crippen molar-refractivity contribution in [3.63, 3.8) is 0 Å². The number of halogens is 1. The van der Waals surface area contributed by atoms with Crippen LogP contribution in [0, 0.1) is 0 Å². The second kappa shape index (κ2) is 3.34. The average molecular weight is 173 g/mol. The Morgan fingerprint density at radius 2 is 2.50 bits per heavy atom. The van der Waals surface area contributed by atoms with Crippen LogP contribution >= 0.6 is 0 Å². The van der Waals surface area contributed by atoms with Crippen molar-refractivity contribution in [3.05, 3.63) is 17.8 Å². The number of aromatic nitrogens is 1. The first-order valence-corrected chi connectivity index (χ1v) is 3.33. The predicted molar refractivity (Wildman–Crippen MR) is 37.4 cm³/mol. The van der Waals surface area contributed by atoms with Crippen molar-refractivity contribution in [3.8, 4) is 0 Å². The number of methoxy groups -OCH3 is 1. The van der Waals surface area contributed by atoms with Crippen LogP contribution in [0.25, 0.3) is 0 Å². The summed E-state index contributed by atoms with van der Waals surface area (Å²) < 4.78 is 21.5. The molecule has 1 rings (SSSR count). The molecule has 0 saturated heterocycles. The van der Waals surface area contributed by atoms with Crippen molar-refractivity contribution in [1.82, 2.24) is 4.98 Å². The fraction of sp³-hybridized carbons (Fsp3) is 0.429. The summed E-state index contributed by atoms with van der Waals surface area (Å²) in [6, 6.07) is 0. The van der Waals surface area contributed by atoms with Gasteiger partial charge in [0, 0.05) is 0 Å². The number of esters is 1. The van der Waals surface area contributed by atoms with Gasteiger partial charge in [0.05, 0.1) is 7.11 Å². The van der Waals surface area contributed by atoms with Gasteiger partial charge in [-0.1, -0.05) is 0 Å². The summed E-state index contributed by atoms with van der Waals surface area (Å²) in [5.41, 5.74) is -0.0167. The van der Waals surface area contributed by atoms with E-state index < -0.39 is 12.1 Å². The van der Waals surface area contributed by atoms with Gasteiger partial charge in [-0.05, 0) is 6.92 Å². The molecule has 0 N–H and O–H groups in total. The average Bonchev–Trinajstić information content (AvgIpc) is 2.51. The van der Waals surface area contributed by atoms with Crippen LogP contribution in [0.4, 0.5) is 4.39 Å². The van der Waals surface area contributed by atoms with Crippen LogP contribution in [0.15, 0.2) is 10.7 Å². The van der Waals surface area contributed by atoms with E-state index in [-0.39, 0.29) is 11.6 Å². The predicted octanol–water partition coefficient (Wildman–Crippen LogP) is 1.49. The quantitative estimate of drug-likeness (QED) is 0.636. The molecule has 4 nitrogen and oxygen atoms in total. The fourth-order valence-electron chi connectivity index (χ4n) is 0.669. The van der Waals surface area contributed by atoms with Crippen LogP contribution in [-0.2, 0) is 4.74 Å². The molecule has 0 amide bonds. The van der Waals surface area contributed by atoms with Gasteiger partial charge < -0.3 is 9.15 Å². The summed E-state index contributed by atoms with van der Waals surface area (Å²) in [6.07, 6.45) is -0.250. The second-order valence-electron chi connectivity index (χ2n) is 2.18. The van der Waals surface area contributed by atoms with Crippen LogP contribution in [-0.4, -0.2) is 18.1 Å². The standard InChI is InChI=1S/C7H8FNO3/c1-4(8)6-9-5(3-12-6)7(10)11-2/h3-4H,1-2H3. The minimum atomic E-state index is -1.32. The van der Waals surface area contributed by atoms with Gasteiger partial charge in [0.2, 0.25) is 5.89 Å². The Bertz CT molecular complexity index is 282. The zero-order chi connectivity index (χ0) is 9.14. The number of hydrogen-bond acceptors (Lipinski definition) is 4. The molecule has 0 aliphatic carbocycles. The number of ether oxygens (including phenoxy) is 1. The molecule has 1 unspecified atom stereocenters. The number of carbonyl (C=O) groups is 1. The maximum absolute atomic E-state index is 12.5. The Morgan fingerprint density at radius 1 is 1.83 bits per heavy atom. The van der Waals surface area contributed by atoms with Gasteiger partial charge in [0.15, 0.2) is 11.9 Å². The summed E-state index contributed by atoms with van der Waals surface area (Å²) in [5.74, 6) is -0.749. The molecule has 0 bridgehead atoms. The van der Waals surface area contributed by atoms with Crippen LogP contribution in [0.2, 0.25) is 0 Å². The summed E-state index contributed by atoms with van der Waals surface area (Å²) in [4.78, 5) is 14.3. The number of carbonyl (C=O) groups excluding carboxylic acids is 1. The van der Waals surface area contributed by atoms with Crippen molar-refractivity contribution >= 4 is 5.97 Å². The summed E-state index contributed by atoms with van der Waals surface area (Å²) >= 11 is 0. The molecule has 1 heterocycles. The van der Waals surface area contributed by atoms with E-state index in [0.717, 1.165) is 6.26 Å². The highest BCUT2D eigenvalue weighted by Crippen LogP contribution is 2.15. The lowest BCUT2D eigenvalue weighted by Gasteiger charge is -1.91. The zero-order valence-corrected chi connectivity index (χ0v) is 6.70. The topological polar surface area (TPSA) is 52.3 Å². The lowest BCUT2D eigenvalue weighted by molar-refractivity contribution is 0.0594. The molecule has 0 spiro atoms. The normalized spacial score (nSPS) is 12.6. The lowest BCUT2D eigenvalue weighted by atomic mass is 10.4. The van der Waals surface area contributed by atoms with E-state index in [1.165, 1.54) is 14.0 Å². The van der Waals surface area contributed by atoms with Gasteiger partial charge in [0.25, 0.3) is 0 Å². The second-order valence-corrected chi connectivity index (χ2v) is 2.18. The minimum Gasteiger partial charge on any atom is -0.464 e. The maximum atomic E-state index is 12.5. The number of nitrogens with zero attached hydrogens (tertiary/aromatic N) is 1.